The molecule has 0 aliphatic heterocycles. The number of hydrogen-bond donors (Lipinski definition) is 2. The third-order valence-corrected chi connectivity index (χ3v) is 6.71. The molecule has 2 N–H and O–H groups in total. The van der Waals surface area contributed by atoms with E-state index in [9.17, 15) is 9.90 Å². The van der Waals surface area contributed by atoms with Crippen molar-refractivity contribution in [3.05, 3.63) is 35.9 Å². The highest BCUT2D eigenvalue weighted by atomic mass is 16.3. The smallest absolute Gasteiger partial charge is 0.226 e. The second-order valence-corrected chi connectivity index (χ2v) is 8.24. The van der Waals surface area contributed by atoms with Gasteiger partial charge in [-0.3, -0.25) is 4.79 Å². The number of carbonyl (C=O) groups excluding carboxylic acids is 1. The van der Waals surface area contributed by atoms with Gasteiger partial charge in [-0.25, -0.2) is 0 Å². The van der Waals surface area contributed by atoms with Crippen molar-refractivity contribution in [1.82, 2.24) is 5.32 Å². The van der Waals surface area contributed by atoms with Gasteiger partial charge in [0.2, 0.25) is 5.91 Å². The summed E-state index contributed by atoms with van der Waals surface area (Å²) in [5, 5.41) is 12.7. The van der Waals surface area contributed by atoms with Crippen LogP contribution in [0.5, 0.6) is 0 Å². The number of nitrogens with one attached hydrogen (secondary N) is 1. The zero-order chi connectivity index (χ0) is 15.9. The van der Waals surface area contributed by atoms with Crippen LogP contribution in [-0.2, 0) is 11.2 Å². The van der Waals surface area contributed by atoms with Crippen molar-refractivity contribution in [1.29, 1.82) is 0 Å². The number of benzene rings is 1. The summed E-state index contributed by atoms with van der Waals surface area (Å²) in [4.78, 5) is 13.2. The SMILES string of the molecule is O=C(NCC1(CO)CC1)C1(Cc2ccccc2)CC2CCC1C2. The Hall–Kier alpha value is -1.35. The molecule has 3 unspecified atom stereocenters. The highest BCUT2D eigenvalue weighted by Gasteiger charge is 2.55. The van der Waals surface area contributed by atoms with Crippen molar-refractivity contribution in [2.24, 2.45) is 22.7 Å². The Morgan fingerprint density at radius 3 is 2.57 bits per heavy atom. The van der Waals surface area contributed by atoms with Crippen LogP contribution in [0.2, 0.25) is 0 Å². The van der Waals surface area contributed by atoms with Crippen molar-refractivity contribution < 1.29 is 9.90 Å². The fraction of sp³-hybridized carbons (Fsp3) is 0.650. The van der Waals surface area contributed by atoms with E-state index in [4.69, 9.17) is 0 Å². The van der Waals surface area contributed by atoms with Crippen LogP contribution in [0, 0.1) is 22.7 Å². The highest BCUT2D eigenvalue weighted by molar-refractivity contribution is 5.84. The molecule has 3 fully saturated rings. The summed E-state index contributed by atoms with van der Waals surface area (Å²) < 4.78 is 0. The Bertz CT molecular complexity index is 581. The van der Waals surface area contributed by atoms with Crippen LogP contribution in [-0.4, -0.2) is 24.2 Å². The van der Waals surface area contributed by atoms with Gasteiger partial charge in [0.25, 0.3) is 0 Å². The quantitative estimate of drug-likeness (QED) is 0.848. The Morgan fingerprint density at radius 1 is 1.22 bits per heavy atom. The van der Waals surface area contributed by atoms with Gasteiger partial charge in [0.15, 0.2) is 0 Å². The molecule has 0 heterocycles. The number of hydrogen-bond acceptors (Lipinski definition) is 2. The summed E-state index contributed by atoms with van der Waals surface area (Å²) in [6.45, 7) is 0.848. The second-order valence-electron chi connectivity index (χ2n) is 8.24. The van der Waals surface area contributed by atoms with E-state index in [0.29, 0.717) is 12.5 Å². The average molecular weight is 313 g/mol. The van der Waals surface area contributed by atoms with E-state index < -0.39 is 0 Å². The third kappa shape index (κ3) is 2.69. The van der Waals surface area contributed by atoms with Gasteiger partial charge in [-0.15, -0.1) is 0 Å². The van der Waals surface area contributed by atoms with E-state index in [-0.39, 0.29) is 23.3 Å². The molecule has 3 nitrogen and oxygen atoms in total. The monoisotopic (exact) mass is 313 g/mol. The van der Waals surface area contributed by atoms with E-state index in [1.54, 1.807) is 0 Å². The first-order valence-corrected chi connectivity index (χ1v) is 9.09. The summed E-state index contributed by atoms with van der Waals surface area (Å²) >= 11 is 0. The molecule has 23 heavy (non-hydrogen) atoms. The molecule has 3 aliphatic carbocycles. The van der Waals surface area contributed by atoms with Gasteiger partial charge in [0.1, 0.15) is 0 Å². The lowest BCUT2D eigenvalue weighted by Crippen LogP contribution is -2.47. The number of amides is 1. The molecule has 2 bridgehead atoms. The van der Waals surface area contributed by atoms with E-state index in [0.717, 1.165) is 31.6 Å². The molecular formula is C20H27NO2. The lowest BCUT2D eigenvalue weighted by molar-refractivity contribution is -0.134. The predicted octanol–water partition coefficient (Wildman–Crippen LogP) is 2.92. The Balaban J connectivity index is 1.52. The second kappa shape index (κ2) is 5.62. The van der Waals surface area contributed by atoms with Crippen molar-refractivity contribution >= 4 is 5.91 Å². The van der Waals surface area contributed by atoms with Crippen LogP contribution < -0.4 is 5.32 Å². The lowest BCUT2D eigenvalue weighted by atomic mass is 9.68. The van der Waals surface area contributed by atoms with Gasteiger partial charge in [-0.2, -0.15) is 0 Å². The van der Waals surface area contributed by atoms with Gasteiger partial charge in [0.05, 0.1) is 12.0 Å². The average Bonchev–Trinajstić information content (AvgIpc) is 3.09. The topological polar surface area (TPSA) is 49.3 Å². The molecule has 0 spiro atoms. The van der Waals surface area contributed by atoms with Crippen molar-refractivity contribution in [3.63, 3.8) is 0 Å². The molecule has 124 valence electrons. The molecule has 0 saturated heterocycles. The first kappa shape index (κ1) is 15.2. The zero-order valence-electron chi connectivity index (χ0n) is 13.8. The maximum absolute atomic E-state index is 13.2. The third-order valence-electron chi connectivity index (χ3n) is 6.71. The Kier molecular flexibility index (Phi) is 3.72. The van der Waals surface area contributed by atoms with Crippen LogP contribution in [0.4, 0.5) is 0 Å². The zero-order valence-corrected chi connectivity index (χ0v) is 13.8. The molecule has 0 aromatic heterocycles. The summed E-state index contributed by atoms with van der Waals surface area (Å²) in [6, 6.07) is 10.5. The molecular weight excluding hydrogens is 286 g/mol. The Morgan fingerprint density at radius 2 is 2.00 bits per heavy atom. The highest BCUT2D eigenvalue weighted by Crippen LogP contribution is 2.57. The van der Waals surface area contributed by atoms with Crippen LogP contribution in [0.25, 0.3) is 0 Å². The molecule has 3 aliphatic rings. The minimum Gasteiger partial charge on any atom is -0.396 e. The normalized spacial score (nSPS) is 33.6. The number of rotatable bonds is 6. The molecule has 4 rings (SSSR count). The summed E-state index contributed by atoms with van der Waals surface area (Å²) in [6.07, 6.45) is 7.73. The molecule has 3 heteroatoms. The van der Waals surface area contributed by atoms with Crippen molar-refractivity contribution in [2.75, 3.05) is 13.2 Å². The van der Waals surface area contributed by atoms with E-state index in [1.165, 1.54) is 24.8 Å². The predicted molar refractivity (Wildman–Crippen MR) is 89.8 cm³/mol. The maximum Gasteiger partial charge on any atom is 0.226 e. The minimum atomic E-state index is -0.212. The number of carbonyl (C=O) groups is 1. The molecule has 0 radical (unpaired) electrons. The number of aliphatic hydroxyl groups excluding tert-OH is 1. The molecule has 3 saturated carbocycles. The van der Waals surface area contributed by atoms with Crippen LogP contribution in [0.15, 0.2) is 30.3 Å². The fourth-order valence-electron chi connectivity index (χ4n) is 4.99. The number of fused-ring (bicyclic) bond motifs is 2. The van der Waals surface area contributed by atoms with Crippen molar-refractivity contribution in [2.45, 2.75) is 44.9 Å². The standard InChI is InChI=1S/C20H27NO2/c22-14-19(8-9-19)13-21-18(23)20(11-15-4-2-1-3-5-15)12-16-6-7-17(20)10-16/h1-5,16-17,22H,6-14H2,(H,21,23). The van der Waals surface area contributed by atoms with Gasteiger partial charge < -0.3 is 10.4 Å². The summed E-state index contributed by atoms with van der Waals surface area (Å²) in [7, 11) is 0. The molecule has 1 aromatic rings. The largest absolute Gasteiger partial charge is 0.396 e. The summed E-state index contributed by atoms with van der Waals surface area (Å²) in [5.74, 6) is 1.52. The molecule has 3 atom stereocenters. The van der Waals surface area contributed by atoms with E-state index in [2.05, 4.69) is 29.6 Å². The van der Waals surface area contributed by atoms with E-state index in [1.807, 2.05) is 6.07 Å². The lowest BCUT2D eigenvalue weighted by Gasteiger charge is -2.37. The van der Waals surface area contributed by atoms with E-state index >= 15 is 0 Å². The number of aliphatic hydroxyl groups is 1. The van der Waals surface area contributed by atoms with Crippen LogP contribution in [0.1, 0.15) is 44.1 Å². The van der Waals surface area contributed by atoms with Crippen LogP contribution in [0.3, 0.4) is 0 Å². The van der Waals surface area contributed by atoms with Crippen LogP contribution >= 0.6 is 0 Å². The Labute approximate surface area is 138 Å². The molecule has 1 amide bonds. The fourth-order valence-corrected chi connectivity index (χ4v) is 4.99. The van der Waals surface area contributed by atoms with Gasteiger partial charge >= 0.3 is 0 Å². The van der Waals surface area contributed by atoms with Gasteiger partial charge in [-0.1, -0.05) is 36.8 Å². The minimum absolute atomic E-state index is 0.0127. The first-order valence-electron chi connectivity index (χ1n) is 9.09. The van der Waals surface area contributed by atoms with Crippen molar-refractivity contribution in [3.8, 4) is 0 Å². The maximum atomic E-state index is 13.2. The van der Waals surface area contributed by atoms with Gasteiger partial charge in [-0.05, 0) is 55.9 Å². The van der Waals surface area contributed by atoms with Gasteiger partial charge in [0, 0.05) is 12.0 Å². The summed E-state index contributed by atoms with van der Waals surface area (Å²) in [5.41, 5.74) is 1.05. The first-order chi connectivity index (χ1) is 11.2. The molecule has 1 aromatic carbocycles.